The molecule has 0 heterocycles. The molecular weight excluding hydrogens is 311 g/mol. The molecule has 4 N–H and O–H groups in total. The minimum atomic E-state index is -0.631. The quantitative estimate of drug-likeness (QED) is 0.695. The van der Waals surface area contributed by atoms with E-state index in [9.17, 15) is 14.7 Å². The molecule has 2 amide bonds. The van der Waals surface area contributed by atoms with Gasteiger partial charge in [-0.2, -0.15) is 0 Å². The van der Waals surface area contributed by atoms with E-state index in [4.69, 9.17) is 5.73 Å². The zero-order valence-electron chi connectivity index (χ0n) is 7.66. The SMILES string of the molecule is NC(=O)CNC(=O)c1cc(I)ccc1O. The van der Waals surface area contributed by atoms with Crippen LogP contribution in [0, 0.1) is 3.57 Å². The first kappa shape index (κ1) is 11.8. The Bertz CT molecular complexity index is 406. The van der Waals surface area contributed by atoms with E-state index >= 15 is 0 Å². The summed E-state index contributed by atoms with van der Waals surface area (Å²) >= 11 is 2.01. The lowest BCUT2D eigenvalue weighted by Crippen LogP contribution is -2.33. The van der Waals surface area contributed by atoms with Gasteiger partial charge in [0.1, 0.15) is 5.75 Å². The van der Waals surface area contributed by atoms with Crippen LogP contribution >= 0.6 is 22.6 Å². The number of nitrogens with one attached hydrogen (secondary N) is 1. The molecule has 1 rings (SSSR count). The van der Waals surface area contributed by atoms with Crippen LogP contribution in [-0.4, -0.2) is 23.5 Å². The van der Waals surface area contributed by atoms with Crippen molar-refractivity contribution in [3.8, 4) is 5.75 Å². The number of hydrogen-bond acceptors (Lipinski definition) is 3. The minimum absolute atomic E-state index is 0.127. The number of rotatable bonds is 3. The van der Waals surface area contributed by atoms with Crippen molar-refractivity contribution in [3.63, 3.8) is 0 Å². The van der Waals surface area contributed by atoms with Crippen LogP contribution in [0.5, 0.6) is 5.75 Å². The van der Waals surface area contributed by atoms with Crippen LogP contribution in [0.1, 0.15) is 10.4 Å². The average Bonchev–Trinajstić information content (AvgIpc) is 2.18. The van der Waals surface area contributed by atoms with Crippen LogP contribution in [0.4, 0.5) is 0 Å². The van der Waals surface area contributed by atoms with Crippen LogP contribution in [-0.2, 0) is 4.79 Å². The van der Waals surface area contributed by atoms with E-state index in [1.807, 2.05) is 22.6 Å². The molecule has 0 atom stereocenters. The second kappa shape index (κ2) is 4.96. The third-order valence-electron chi connectivity index (χ3n) is 1.63. The zero-order valence-corrected chi connectivity index (χ0v) is 9.82. The Balaban J connectivity index is 2.81. The Kier molecular flexibility index (Phi) is 3.89. The first-order valence-corrected chi connectivity index (χ1v) is 5.13. The third kappa shape index (κ3) is 3.39. The van der Waals surface area contributed by atoms with Gasteiger partial charge in [0, 0.05) is 3.57 Å². The number of phenols is 1. The van der Waals surface area contributed by atoms with Crippen LogP contribution in [0.25, 0.3) is 0 Å². The Morgan fingerprint density at radius 2 is 2.13 bits per heavy atom. The van der Waals surface area contributed by atoms with Crippen LogP contribution in [0.2, 0.25) is 0 Å². The summed E-state index contributed by atoms with van der Waals surface area (Å²) in [5.41, 5.74) is 5.00. The largest absolute Gasteiger partial charge is 0.507 e. The predicted octanol–water partition coefficient (Wildman–Crippen LogP) is 0.212. The first-order valence-electron chi connectivity index (χ1n) is 4.05. The molecule has 0 saturated heterocycles. The summed E-state index contributed by atoms with van der Waals surface area (Å²) in [6.07, 6.45) is 0. The Labute approximate surface area is 99.8 Å². The number of halogens is 1. The summed E-state index contributed by atoms with van der Waals surface area (Å²) in [4.78, 5) is 21.9. The number of primary amides is 1. The van der Waals surface area contributed by atoms with Crippen molar-refractivity contribution in [2.24, 2.45) is 5.73 Å². The number of aromatic hydroxyl groups is 1. The molecule has 0 bridgehead atoms. The molecule has 0 fully saturated rings. The molecule has 0 radical (unpaired) electrons. The topological polar surface area (TPSA) is 92.4 Å². The molecule has 6 heteroatoms. The minimum Gasteiger partial charge on any atom is -0.507 e. The molecule has 0 aliphatic rings. The van der Waals surface area contributed by atoms with Crippen LogP contribution < -0.4 is 11.1 Å². The lowest BCUT2D eigenvalue weighted by molar-refractivity contribution is -0.117. The van der Waals surface area contributed by atoms with Gasteiger partial charge in [0.25, 0.3) is 5.91 Å². The molecule has 0 aliphatic heterocycles. The molecule has 1 aromatic carbocycles. The van der Waals surface area contributed by atoms with E-state index in [2.05, 4.69) is 5.32 Å². The summed E-state index contributed by atoms with van der Waals surface area (Å²) in [6, 6.07) is 4.61. The van der Waals surface area contributed by atoms with Crippen molar-refractivity contribution in [1.29, 1.82) is 0 Å². The van der Waals surface area contributed by atoms with Gasteiger partial charge in [0.05, 0.1) is 12.1 Å². The van der Waals surface area contributed by atoms with E-state index in [0.29, 0.717) is 0 Å². The molecule has 0 unspecified atom stereocenters. The average molecular weight is 320 g/mol. The van der Waals surface area contributed by atoms with Crippen molar-refractivity contribution in [2.75, 3.05) is 6.54 Å². The highest BCUT2D eigenvalue weighted by atomic mass is 127. The monoisotopic (exact) mass is 320 g/mol. The summed E-state index contributed by atoms with van der Waals surface area (Å²) in [5, 5.41) is 11.7. The van der Waals surface area contributed by atoms with E-state index in [1.54, 1.807) is 6.07 Å². The zero-order chi connectivity index (χ0) is 11.4. The van der Waals surface area contributed by atoms with Crippen molar-refractivity contribution in [1.82, 2.24) is 5.32 Å². The molecule has 0 aliphatic carbocycles. The number of nitrogens with two attached hydrogens (primary N) is 1. The Morgan fingerprint density at radius 3 is 2.73 bits per heavy atom. The smallest absolute Gasteiger partial charge is 0.255 e. The second-order valence-corrected chi connectivity index (χ2v) is 4.06. The maximum Gasteiger partial charge on any atom is 0.255 e. The highest BCUT2D eigenvalue weighted by Crippen LogP contribution is 2.19. The molecule has 0 spiro atoms. The van der Waals surface area contributed by atoms with Gasteiger partial charge in [0.2, 0.25) is 5.91 Å². The van der Waals surface area contributed by atoms with Crippen molar-refractivity contribution in [2.45, 2.75) is 0 Å². The fraction of sp³-hybridized carbons (Fsp3) is 0.111. The van der Waals surface area contributed by atoms with Gasteiger partial charge < -0.3 is 16.2 Å². The summed E-state index contributed by atoms with van der Waals surface area (Å²) in [6.45, 7) is -0.246. The number of carbonyl (C=O) groups is 2. The number of carbonyl (C=O) groups excluding carboxylic acids is 2. The standard InChI is InChI=1S/C9H9IN2O3/c10-5-1-2-7(13)6(3-5)9(15)12-4-8(11)14/h1-3,13H,4H2,(H2,11,14)(H,12,15). The van der Waals surface area contributed by atoms with Gasteiger partial charge in [-0.3, -0.25) is 9.59 Å². The molecular formula is C9H9IN2O3. The maximum atomic E-state index is 11.4. The van der Waals surface area contributed by atoms with Gasteiger partial charge in [0.15, 0.2) is 0 Å². The summed E-state index contributed by atoms with van der Waals surface area (Å²) in [5.74, 6) is -1.28. The number of amides is 2. The van der Waals surface area contributed by atoms with Crippen molar-refractivity contribution in [3.05, 3.63) is 27.3 Å². The van der Waals surface area contributed by atoms with Crippen LogP contribution in [0.15, 0.2) is 18.2 Å². The fourth-order valence-corrected chi connectivity index (χ4v) is 1.44. The molecule has 80 valence electrons. The fourth-order valence-electron chi connectivity index (χ4n) is 0.953. The van der Waals surface area contributed by atoms with E-state index < -0.39 is 11.8 Å². The summed E-state index contributed by atoms with van der Waals surface area (Å²) < 4.78 is 0.814. The molecule has 0 saturated carbocycles. The number of phenolic OH excluding ortho intramolecular Hbond substituents is 1. The first-order chi connectivity index (χ1) is 7.00. The highest BCUT2D eigenvalue weighted by Gasteiger charge is 2.11. The van der Waals surface area contributed by atoms with E-state index in [0.717, 1.165) is 3.57 Å². The third-order valence-corrected chi connectivity index (χ3v) is 2.30. The van der Waals surface area contributed by atoms with Gasteiger partial charge in [-0.05, 0) is 40.8 Å². The molecule has 0 aromatic heterocycles. The van der Waals surface area contributed by atoms with Gasteiger partial charge in [-0.1, -0.05) is 0 Å². The van der Waals surface area contributed by atoms with E-state index in [1.165, 1.54) is 12.1 Å². The van der Waals surface area contributed by atoms with Crippen LogP contribution in [0.3, 0.4) is 0 Å². The Hall–Kier alpha value is -1.31. The second-order valence-electron chi connectivity index (χ2n) is 2.81. The maximum absolute atomic E-state index is 11.4. The number of hydrogen-bond donors (Lipinski definition) is 3. The molecule has 5 nitrogen and oxygen atoms in total. The van der Waals surface area contributed by atoms with E-state index in [-0.39, 0.29) is 17.9 Å². The lowest BCUT2D eigenvalue weighted by atomic mass is 10.2. The van der Waals surface area contributed by atoms with Crippen molar-refractivity contribution < 1.29 is 14.7 Å². The highest BCUT2D eigenvalue weighted by molar-refractivity contribution is 14.1. The Morgan fingerprint density at radius 1 is 1.47 bits per heavy atom. The van der Waals surface area contributed by atoms with Gasteiger partial charge >= 0.3 is 0 Å². The van der Waals surface area contributed by atoms with Gasteiger partial charge in [-0.15, -0.1) is 0 Å². The summed E-state index contributed by atoms with van der Waals surface area (Å²) in [7, 11) is 0. The van der Waals surface area contributed by atoms with Gasteiger partial charge in [-0.25, -0.2) is 0 Å². The molecule has 15 heavy (non-hydrogen) atoms. The lowest BCUT2D eigenvalue weighted by Gasteiger charge is -2.05. The number of benzene rings is 1. The van der Waals surface area contributed by atoms with Crippen molar-refractivity contribution >= 4 is 34.4 Å². The molecule has 1 aromatic rings. The predicted molar refractivity (Wildman–Crippen MR) is 62.4 cm³/mol. The normalized spacial score (nSPS) is 9.67.